The summed E-state index contributed by atoms with van der Waals surface area (Å²) < 4.78 is 7.76. The SMILES string of the molecule is CCOc1ccc(CNc2nc(N3CCCC[C@H]3CCO)nc3c(CC)cnn23)c[n+]1[O-]. The molecule has 1 saturated heterocycles. The molecule has 1 fully saturated rings. The van der Waals surface area contributed by atoms with E-state index in [-0.39, 0.29) is 18.5 Å². The van der Waals surface area contributed by atoms with Crippen molar-refractivity contribution in [1.82, 2.24) is 19.6 Å². The molecule has 1 aliphatic heterocycles. The molecule has 1 aliphatic rings. The summed E-state index contributed by atoms with van der Waals surface area (Å²) in [5.74, 6) is 1.51. The van der Waals surface area contributed by atoms with E-state index in [4.69, 9.17) is 14.7 Å². The van der Waals surface area contributed by atoms with Crippen molar-refractivity contribution in [2.24, 2.45) is 0 Å². The fourth-order valence-electron chi connectivity index (χ4n) is 4.17. The number of hydrogen-bond donors (Lipinski definition) is 2. The van der Waals surface area contributed by atoms with Crippen LogP contribution in [0, 0.1) is 5.21 Å². The van der Waals surface area contributed by atoms with Gasteiger partial charge in [-0.05, 0) is 45.1 Å². The quantitative estimate of drug-likeness (QED) is 0.383. The third-order valence-corrected chi connectivity index (χ3v) is 5.84. The fraction of sp³-hybridized carbons (Fsp3) is 0.545. The van der Waals surface area contributed by atoms with E-state index in [0.717, 1.165) is 53.7 Å². The summed E-state index contributed by atoms with van der Waals surface area (Å²) in [6.07, 6.45) is 8.08. The van der Waals surface area contributed by atoms with Crippen molar-refractivity contribution in [2.45, 2.75) is 58.5 Å². The molecule has 2 N–H and O–H groups in total. The van der Waals surface area contributed by atoms with Gasteiger partial charge in [0.2, 0.25) is 11.9 Å². The first-order valence-electron chi connectivity index (χ1n) is 11.4. The van der Waals surface area contributed by atoms with Gasteiger partial charge < -0.3 is 25.3 Å². The van der Waals surface area contributed by atoms with Gasteiger partial charge in [0.15, 0.2) is 11.8 Å². The lowest BCUT2D eigenvalue weighted by Gasteiger charge is -2.35. The van der Waals surface area contributed by atoms with E-state index >= 15 is 0 Å². The summed E-state index contributed by atoms with van der Waals surface area (Å²) in [6.45, 7) is 5.78. The molecule has 0 aromatic carbocycles. The summed E-state index contributed by atoms with van der Waals surface area (Å²) in [6, 6.07) is 3.75. The Bertz CT molecular complexity index is 1050. The van der Waals surface area contributed by atoms with Gasteiger partial charge in [-0.15, -0.1) is 4.73 Å². The lowest BCUT2D eigenvalue weighted by molar-refractivity contribution is -0.613. The number of hydrogen-bond acceptors (Lipinski definition) is 8. The van der Waals surface area contributed by atoms with Crippen LogP contribution in [0.2, 0.25) is 0 Å². The summed E-state index contributed by atoms with van der Waals surface area (Å²) in [4.78, 5) is 11.9. The number of ether oxygens (including phenoxy) is 1. The number of rotatable bonds is 9. The van der Waals surface area contributed by atoms with Crippen LogP contribution in [0.3, 0.4) is 0 Å². The summed E-state index contributed by atoms with van der Waals surface area (Å²) >= 11 is 0. The molecule has 32 heavy (non-hydrogen) atoms. The normalized spacial score (nSPS) is 16.5. The van der Waals surface area contributed by atoms with Crippen LogP contribution in [-0.2, 0) is 13.0 Å². The second-order valence-corrected chi connectivity index (χ2v) is 7.95. The highest BCUT2D eigenvalue weighted by molar-refractivity contribution is 5.55. The average Bonchev–Trinajstić information content (AvgIpc) is 3.23. The zero-order valence-electron chi connectivity index (χ0n) is 18.7. The Labute approximate surface area is 187 Å². The number of aryl methyl sites for hydroxylation is 1. The Kier molecular flexibility index (Phi) is 6.89. The van der Waals surface area contributed by atoms with Crippen LogP contribution in [0.1, 0.15) is 50.7 Å². The van der Waals surface area contributed by atoms with E-state index in [0.29, 0.717) is 31.5 Å². The lowest BCUT2D eigenvalue weighted by atomic mass is 10.0. The molecule has 3 aromatic heterocycles. The zero-order valence-corrected chi connectivity index (χ0v) is 18.7. The second kappa shape index (κ2) is 9.99. The molecule has 10 nitrogen and oxygen atoms in total. The number of aliphatic hydroxyl groups excluding tert-OH is 1. The van der Waals surface area contributed by atoms with Crippen molar-refractivity contribution in [3.63, 3.8) is 0 Å². The molecule has 0 aliphatic carbocycles. The molecule has 0 saturated carbocycles. The van der Waals surface area contributed by atoms with Crippen LogP contribution in [0.15, 0.2) is 24.5 Å². The second-order valence-electron chi connectivity index (χ2n) is 7.95. The third-order valence-electron chi connectivity index (χ3n) is 5.84. The molecule has 4 rings (SSSR count). The van der Waals surface area contributed by atoms with Gasteiger partial charge in [0.05, 0.1) is 18.9 Å². The Morgan fingerprint density at radius 3 is 2.91 bits per heavy atom. The van der Waals surface area contributed by atoms with E-state index in [9.17, 15) is 10.3 Å². The third kappa shape index (κ3) is 4.55. The standard InChI is InChI=1S/C22H31N7O3/c1-3-17-14-24-29-20(17)25-22(27-11-6-5-7-18(27)10-12-30)26-21(29)23-13-16-8-9-19(32-4-2)28(31)15-16/h8-9,14-15,18,30H,3-7,10-13H2,1-2H3,(H,23,25,26)/t18-/m0/s1. The minimum absolute atomic E-state index is 0.147. The molecule has 10 heteroatoms. The lowest BCUT2D eigenvalue weighted by Crippen LogP contribution is -2.41. The first-order valence-corrected chi connectivity index (χ1v) is 11.4. The number of fused-ring (bicyclic) bond motifs is 1. The summed E-state index contributed by atoms with van der Waals surface area (Å²) in [5.41, 5.74) is 2.63. The van der Waals surface area contributed by atoms with Crippen molar-refractivity contribution in [2.75, 3.05) is 30.0 Å². The highest BCUT2D eigenvalue weighted by Crippen LogP contribution is 2.26. The topological polar surface area (TPSA) is 115 Å². The minimum Gasteiger partial charge on any atom is -0.616 e. The number of nitrogens with zero attached hydrogens (tertiary/aromatic N) is 6. The molecular weight excluding hydrogens is 410 g/mol. The molecule has 0 bridgehead atoms. The predicted molar refractivity (Wildman–Crippen MR) is 121 cm³/mol. The molecule has 4 heterocycles. The van der Waals surface area contributed by atoms with E-state index in [1.165, 1.54) is 6.20 Å². The van der Waals surface area contributed by atoms with Crippen LogP contribution < -0.4 is 19.7 Å². The summed E-state index contributed by atoms with van der Waals surface area (Å²) in [5, 5.41) is 29.5. The Balaban J connectivity index is 1.64. The van der Waals surface area contributed by atoms with Crippen LogP contribution in [-0.4, -0.2) is 50.5 Å². The van der Waals surface area contributed by atoms with Gasteiger partial charge in [-0.2, -0.15) is 19.6 Å². The van der Waals surface area contributed by atoms with Crippen molar-refractivity contribution in [1.29, 1.82) is 0 Å². The molecule has 0 unspecified atom stereocenters. The van der Waals surface area contributed by atoms with Crippen LogP contribution in [0.25, 0.3) is 5.65 Å². The number of aliphatic hydroxyl groups is 1. The van der Waals surface area contributed by atoms with Crippen LogP contribution in [0.4, 0.5) is 11.9 Å². The van der Waals surface area contributed by atoms with Gasteiger partial charge in [-0.1, -0.05) is 6.92 Å². The molecular formula is C22H31N7O3. The number of piperidine rings is 1. The molecule has 0 amide bonds. The van der Waals surface area contributed by atoms with Crippen molar-refractivity contribution < 1.29 is 14.6 Å². The maximum Gasteiger partial charge on any atom is 0.379 e. The maximum absolute atomic E-state index is 12.1. The highest BCUT2D eigenvalue weighted by Gasteiger charge is 2.26. The number of pyridine rings is 1. The fourth-order valence-corrected chi connectivity index (χ4v) is 4.17. The highest BCUT2D eigenvalue weighted by atomic mass is 16.5. The monoisotopic (exact) mass is 441 g/mol. The first kappa shape index (κ1) is 22.1. The first-order chi connectivity index (χ1) is 15.6. The smallest absolute Gasteiger partial charge is 0.379 e. The number of aromatic nitrogens is 5. The average molecular weight is 442 g/mol. The number of nitrogens with one attached hydrogen (secondary N) is 1. The Morgan fingerprint density at radius 1 is 1.28 bits per heavy atom. The van der Waals surface area contributed by atoms with Gasteiger partial charge in [0.25, 0.3) is 0 Å². The largest absolute Gasteiger partial charge is 0.616 e. The maximum atomic E-state index is 12.1. The molecule has 0 radical (unpaired) electrons. The van der Waals surface area contributed by atoms with Crippen molar-refractivity contribution in [3.05, 3.63) is 40.9 Å². The van der Waals surface area contributed by atoms with Gasteiger partial charge in [-0.25, -0.2) is 0 Å². The Hall–Kier alpha value is -3.14. The molecule has 172 valence electrons. The van der Waals surface area contributed by atoms with Gasteiger partial charge in [0, 0.05) is 36.9 Å². The minimum atomic E-state index is 0.147. The molecule has 3 aromatic rings. The van der Waals surface area contributed by atoms with Gasteiger partial charge in [0.1, 0.15) is 0 Å². The van der Waals surface area contributed by atoms with Gasteiger partial charge >= 0.3 is 5.88 Å². The van der Waals surface area contributed by atoms with Crippen LogP contribution in [0.5, 0.6) is 5.88 Å². The molecule has 1 atom stereocenters. The Morgan fingerprint density at radius 2 is 2.16 bits per heavy atom. The van der Waals surface area contributed by atoms with Gasteiger partial charge in [-0.3, -0.25) is 0 Å². The van der Waals surface area contributed by atoms with E-state index in [1.54, 1.807) is 10.6 Å². The van der Waals surface area contributed by atoms with Crippen LogP contribution >= 0.6 is 0 Å². The number of anilines is 2. The van der Waals surface area contributed by atoms with E-state index in [1.807, 2.05) is 19.2 Å². The van der Waals surface area contributed by atoms with E-state index in [2.05, 4.69) is 22.2 Å². The predicted octanol–water partition coefficient (Wildman–Crippen LogP) is 2.07. The molecule has 0 spiro atoms. The van der Waals surface area contributed by atoms with Crippen molar-refractivity contribution >= 4 is 17.5 Å². The summed E-state index contributed by atoms with van der Waals surface area (Å²) in [7, 11) is 0. The van der Waals surface area contributed by atoms with E-state index < -0.39 is 0 Å². The van der Waals surface area contributed by atoms with Crippen molar-refractivity contribution in [3.8, 4) is 5.88 Å². The zero-order chi connectivity index (χ0) is 22.5.